The number of halogens is 1. The van der Waals surface area contributed by atoms with E-state index in [4.69, 9.17) is 16.3 Å². The zero-order valence-corrected chi connectivity index (χ0v) is 19.3. The van der Waals surface area contributed by atoms with Gasteiger partial charge < -0.3 is 9.30 Å². The largest absolute Gasteiger partial charge is 0.457 e. The Morgan fingerprint density at radius 3 is 2.59 bits per heavy atom. The molecular formula is C27H24ClN3O3. The second-order valence-corrected chi connectivity index (χ2v) is 8.78. The molecule has 1 unspecified atom stereocenters. The molecule has 0 aliphatic carbocycles. The van der Waals surface area contributed by atoms with Crippen LogP contribution >= 0.6 is 11.6 Å². The van der Waals surface area contributed by atoms with E-state index < -0.39 is 0 Å². The van der Waals surface area contributed by atoms with Crippen molar-refractivity contribution >= 4 is 17.3 Å². The van der Waals surface area contributed by atoms with E-state index in [0.717, 1.165) is 42.1 Å². The Morgan fingerprint density at radius 2 is 1.76 bits per heavy atom. The van der Waals surface area contributed by atoms with Crippen LogP contribution < -0.4 is 4.74 Å². The smallest absolute Gasteiger partial charge is 0.269 e. The highest BCUT2D eigenvalue weighted by Gasteiger charge is 2.28. The van der Waals surface area contributed by atoms with E-state index in [9.17, 15) is 10.1 Å². The molecule has 5 rings (SSSR count). The first-order valence-electron chi connectivity index (χ1n) is 11.2. The van der Waals surface area contributed by atoms with Gasteiger partial charge in [-0.15, -0.1) is 0 Å². The van der Waals surface area contributed by atoms with Crippen LogP contribution in [0, 0.1) is 10.1 Å². The van der Waals surface area contributed by atoms with Crippen molar-refractivity contribution in [1.82, 2.24) is 9.47 Å². The topological polar surface area (TPSA) is 60.5 Å². The molecule has 4 aromatic rings. The van der Waals surface area contributed by atoms with Crippen molar-refractivity contribution in [2.45, 2.75) is 25.6 Å². The lowest BCUT2D eigenvalue weighted by molar-refractivity contribution is -0.384. The van der Waals surface area contributed by atoms with Crippen molar-refractivity contribution in [3.8, 4) is 11.5 Å². The molecule has 1 aliphatic heterocycles. The fourth-order valence-electron chi connectivity index (χ4n) is 4.58. The number of fused-ring (bicyclic) bond motifs is 1. The summed E-state index contributed by atoms with van der Waals surface area (Å²) in [6.07, 6.45) is 3.07. The number of hydrogen-bond donors (Lipinski definition) is 0. The molecule has 172 valence electrons. The Labute approximate surface area is 203 Å². The summed E-state index contributed by atoms with van der Waals surface area (Å²) in [7, 11) is 0. The molecule has 0 saturated carbocycles. The van der Waals surface area contributed by atoms with Crippen LogP contribution in [0.25, 0.3) is 0 Å². The van der Waals surface area contributed by atoms with E-state index in [1.807, 2.05) is 42.5 Å². The average molecular weight is 474 g/mol. The molecule has 0 fully saturated rings. The van der Waals surface area contributed by atoms with Gasteiger partial charge >= 0.3 is 0 Å². The van der Waals surface area contributed by atoms with Crippen LogP contribution in [-0.2, 0) is 13.1 Å². The number of ether oxygens (including phenoxy) is 1. The molecule has 6 nitrogen and oxygen atoms in total. The average Bonchev–Trinajstić information content (AvgIpc) is 3.22. The first-order chi connectivity index (χ1) is 16.6. The number of nitro benzene ring substituents is 1. The highest BCUT2D eigenvalue weighted by Crippen LogP contribution is 2.36. The summed E-state index contributed by atoms with van der Waals surface area (Å²) in [5.41, 5.74) is 3.07. The number of benzene rings is 3. The van der Waals surface area contributed by atoms with Crippen molar-refractivity contribution < 1.29 is 9.66 Å². The molecule has 0 N–H and O–H groups in total. The molecule has 0 radical (unpaired) electrons. The molecule has 0 spiro atoms. The summed E-state index contributed by atoms with van der Waals surface area (Å²) in [5, 5.41) is 11.9. The SMILES string of the molecule is O=[N+]([O-])c1ccc(Cl)c(CN2CCCn3cccc3C2c2cccc(Oc3ccccc3)c2)c1. The predicted molar refractivity (Wildman–Crippen MR) is 132 cm³/mol. The molecule has 1 aromatic heterocycles. The minimum atomic E-state index is -0.380. The van der Waals surface area contributed by atoms with E-state index in [1.54, 1.807) is 12.1 Å². The monoisotopic (exact) mass is 473 g/mol. The molecule has 0 amide bonds. The quantitative estimate of drug-likeness (QED) is 0.227. The Hall–Kier alpha value is -3.61. The maximum atomic E-state index is 11.3. The van der Waals surface area contributed by atoms with Crippen molar-refractivity contribution in [3.05, 3.63) is 123 Å². The normalized spacial score (nSPS) is 16.0. The van der Waals surface area contributed by atoms with Gasteiger partial charge in [-0.3, -0.25) is 15.0 Å². The Balaban J connectivity index is 1.52. The maximum Gasteiger partial charge on any atom is 0.269 e. The van der Waals surface area contributed by atoms with Crippen molar-refractivity contribution in [2.24, 2.45) is 0 Å². The van der Waals surface area contributed by atoms with Gasteiger partial charge in [0.2, 0.25) is 0 Å². The summed E-state index contributed by atoms with van der Waals surface area (Å²) in [6, 6.07) is 26.6. The number of nitrogens with zero attached hydrogens (tertiary/aromatic N) is 3. The molecule has 7 heteroatoms. The molecule has 2 heterocycles. The van der Waals surface area contributed by atoms with Gasteiger partial charge in [-0.1, -0.05) is 41.9 Å². The lowest BCUT2D eigenvalue weighted by atomic mass is 10.0. The Morgan fingerprint density at radius 1 is 0.941 bits per heavy atom. The van der Waals surface area contributed by atoms with Gasteiger partial charge in [-0.2, -0.15) is 0 Å². The lowest BCUT2D eigenvalue weighted by Crippen LogP contribution is -2.29. The van der Waals surface area contributed by atoms with Crippen molar-refractivity contribution in [1.29, 1.82) is 0 Å². The number of rotatable bonds is 6. The second-order valence-electron chi connectivity index (χ2n) is 8.37. The number of aryl methyl sites for hydroxylation is 1. The van der Waals surface area contributed by atoms with E-state index in [1.165, 1.54) is 11.8 Å². The molecule has 1 aliphatic rings. The first-order valence-corrected chi connectivity index (χ1v) is 11.6. The second kappa shape index (κ2) is 9.71. The fourth-order valence-corrected chi connectivity index (χ4v) is 4.76. The lowest BCUT2D eigenvalue weighted by Gasteiger charge is -2.31. The zero-order chi connectivity index (χ0) is 23.5. The minimum Gasteiger partial charge on any atom is -0.457 e. The Bertz CT molecular complexity index is 1310. The molecule has 34 heavy (non-hydrogen) atoms. The molecule has 0 bridgehead atoms. The first kappa shape index (κ1) is 22.2. The van der Waals surface area contributed by atoms with Gasteiger partial charge in [-0.05, 0) is 60.0 Å². The van der Waals surface area contributed by atoms with Gasteiger partial charge in [0.05, 0.1) is 11.0 Å². The minimum absolute atomic E-state index is 0.0485. The van der Waals surface area contributed by atoms with Gasteiger partial charge in [0.1, 0.15) is 11.5 Å². The third-order valence-electron chi connectivity index (χ3n) is 6.12. The van der Waals surface area contributed by atoms with Crippen LogP contribution in [0.5, 0.6) is 11.5 Å². The highest BCUT2D eigenvalue weighted by atomic mass is 35.5. The summed E-state index contributed by atoms with van der Waals surface area (Å²) in [4.78, 5) is 13.3. The van der Waals surface area contributed by atoms with Gasteiger partial charge in [0.15, 0.2) is 0 Å². The summed E-state index contributed by atoms with van der Waals surface area (Å²) < 4.78 is 8.39. The number of nitro groups is 1. The fraction of sp³-hybridized carbons (Fsp3) is 0.185. The predicted octanol–water partition coefficient (Wildman–Crippen LogP) is 6.84. The van der Waals surface area contributed by atoms with E-state index in [2.05, 4.69) is 39.9 Å². The van der Waals surface area contributed by atoms with E-state index in [-0.39, 0.29) is 16.7 Å². The van der Waals surface area contributed by atoms with Crippen molar-refractivity contribution in [2.75, 3.05) is 6.54 Å². The number of non-ortho nitro benzene ring substituents is 1. The molecule has 0 saturated heterocycles. The Kier molecular flexibility index (Phi) is 6.34. The van der Waals surface area contributed by atoms with Crippen LogP contribution in [0.15, 0.2) is 91.1 Å². The number of hydrogen-bond acceptors (Lipinski definition) is 4. The van der Waals surface area contributed by atoms with Gasteiger partial charge in [0.25, 0.3) is 5.69 Å². The number of aromatic nitrogens is 1. The van der Waals surface area contributed by atoms with Crippen LogP contribution in [0.1, 0.15) is 29.3 Å². The zero-order valence-electron chi connectivity index (χ0n) is 18.5. The van der Waals surface area contributed by atoms with Crippen LogP contribution in [0.4, 0.5) is 5.69 Å². The summed E-state index contributed by atoms with van der Waals surface area (Å²) in [5.74, 6) is 1.54. The van der Waals surface area contributed by atoms with Crippen molar-refractivity contribution in [3.63, 3.8) is 0 Å². The molecular weight excluding hydrogens is 450 g/mol. The maximum absolute atomic E-state index is 11.3. The van der Waals surface area contributed by atoms with Crippen LogP contribution in [0.2, 0.25) is 5.02 Å². The third kappa shape index (κ3) is 4.69. The van der Waals surface area contributed by atoms with E-state index in [0.29, 0.717) is 11.6 Å². The molecule has 1 atom stereocenters. The van der Waals surface area contributed by atoms with Gasteiger partial charge in [0, 0.05) is 48.7 Å². The third-order valence-corrected chi connectivity index (χ3v) is 6.49. The summed E-state index contributed by atoms with van der Waals surface area (Å²) >= 11 is 6.47. The summed E-state index contributed by atoms with van der Waals surface area (Å²) in [6.45, 7) is 2.24. The van der Waals surface area contributed by atoms with E-state index >= 15 is 0 Å². The van der Waals surface area contributed by atoms with Crippen LogP contribution in [-0.4, -0.2) is 20.9 Å². The van der Waals surface area contributed by atoms with Gasteiger partial charge in [-0.25, -0.2) is 0 Å². The standard InChI is InChI=1S/C27H24ClN3O3/c28-25-13-12-22(31(32)33)17-21(25)19-30-16-6-15-29-14-5-11-26(29)27(30)20-7-4-10-24(18-20)34-23-8-2-1-3-9-23/h1-5,7-14,17-18,27H,6,15-16,19H2. The van der Waals surface area contributed by atoms with Crippen LogP contribution in [0.3, 0.4) is 0 Å². The highest BCUT2D eigenvalue weighted by molar-refractivity contribution is 6.31. The number of para-hydroxylation sites is 1. The molecule has 3 aromatic carbocycles.